The minimum atomic E-state index is -0.0897. The standard InChI is InChI=1S/C13H19ClN2O3/c1-16(13(17)10-18-8-6-15)7-9-19-12-4-2-11(14)3-5-12/h2-5H,6-10,15H2,1H3. The minimum absolute atomic E-state index is 0.0502. The van der Waals surface area contributed by atoms with Crippen molar-refractivity contribution in [1.29, 1.82) is 0 Å². The van der Waals surface area contributed by atoms with Crippen molar-refractivity contribution in [2.75, 3.05) is 40.0 Å². The van der Waals surface area contributed by atoms with Crippen molar-refractivity contribution >= 4 is 17.5 Å². The molecule has 5 nitrogen and oxygen atoms in total. The Morgan fingerprint density at radius 3 is 2.63 bits per heavy atom. The maximum Gasteiger partial charge on any atom is 0.248 e. The molecule has 0 radical (unpaired) electrons. The lowest BCUT2D eigenvalue weighted by Crippen LogP contribution is -2.34. The number of rotatable bonds is 8. The number of amides is 1. The van der Waals surface area contributed by atoms with Gasteiger partial charge in [0.1, 0.15) is 19.0 Å². The smallest absolute Gasteiger partial charge is 0.248 e. The molecule has 106 valence electrons. The van der Waals surface area contributed by atoms with Crippen LogP contribution in [0.3, 0.4) is 0 Å². The first-order valence-corrected chi connectivity index (χ1v) is 6.41. The third-order valence-electron chi connectivity index (χ3n) is 2.42. The summed E-state index contributed by atoms with van der Waals surface area (Å²) in [7, 11) is 1.71. The van der Waals surface area contributed by atoms with Crippen LogP contribution < -0.4 is 10.5 Å². The summed E-state index contributed by atoms with van der Waals surface area (Å²) in [6.45, 7) is 1.76. The Labute approximate surface area is 118 Å². The van der Waals surface area contributed by atoms with Crippen LogP contribution in [0.2, 0.25) is 5.02 Å². The van der Waals surface area contributed by atoms with Gasteiger partial charge in [-0.2, -0.15) is 0 Å². The predicted octanol–water partition coefficient (Wildman–Crippen LogP) is 1.15. The van der Waals surface area contributed by atoms with Gasteiger partial charge in [0.15, 0.2) is 0 Å². The zero-order valence-corrected chi connectivity index (χ0v) is 11.7. The van der Waals surface area contributed by atoms with Gasteiger partial charge in [-0.25, -0.2) is 0 Å². The van der Waals surface area contributed by atoms with E-state index in [1.54, 1.807) is 36.2 Å². The number of carbonyl (C=O) groups excluding carboxylic acids is 1. The molecule has 1 rings (SSSR count). The monoisotopic (exact) mass is 286 g/mol. The first-order chi connectivity index (χ1) is 9.13. The highest BCUT2D eigenvalue weighted by molar-refractivity contribution is 6.30. The van der Waals surface area contributed by atoms with Crippen LogP contribution in [0.4, 0.5) is 0 Å². The number of nitrogens with zero attached hydrogens (tertiary/aromatic N) is 1. The van der Waals surface area contributed by atoms with E-state index in [1.165, 1.54) is 0 Å². The van der Waals surface area contributed by atoms with Crippen LogP contribution >= 0.6 is 11.6 Å². The van der Waals surface area contributed by atoms with E-state index in [-0.39, 0.29) is 12.5 Å². The topological polar surface area (TPSA) is 64.8 Å². The number of carbonyl (C=O) groups is 1. The largest absolute Gasteiger partial charge is 0.492 e. The van der Waals surface area contributed by atoms with Gasteiger partial charge in [0.25, 0.3) is 0 Å². The second kappa shape index (κ2) is 8.74. The van der Waals surface area contributed by atoms with Gasteiger partial charge >= 0.3 is 0 Å². The average Bonchev–Trinajstić information content (AvgIpc) is 2.41. The fourth-order valence-corrected chi connectivity index (χ4v) is 1.43. The first-order valence-electron chi connectivity index (χ1n) is 6.03. The lowest BCUT2D eigenvalue weighted by atomic mass is 10.3. The molecule has 1 amide bonds. The second-order valence-corrected chi connectivity index (χ2v) is 4.40. The molecule has 2 N–H and O–H groups in total. The predicted molar refractivity (Wildman–Crippen MR) is 74.5 cm³/mol. The maximum absolute atomic E-state index is 11.6. The van der Waals surface area contributed by atoms with E-state index in [9.17, 15) is 4.79 Å². The van der Waals surface area contributed by atoms with Crippen molar-refractivity contribution in [3.8, 4) is 5.75 Å². The van der Waals surface area contributed by atoms with Gasteiger partial charge in [0, 0.05) is 18.6 Å². The number of hydrogen-bond donors (Lipinski definition) is 1. The molecule has 6 heteroatoms. The third-order valence-corrected chi connectivity index (χ3v) is 2.67. The number of benzene rings is 1. The Morgan fingerprint density at radius 1 is 1.32 bits per heavy atom. The molecular formula is C13H19ClN2O3. The molecule has 0 unspecified atom stereocenters. The fourth-order valence-electron chi connectivity index (χ4n) is 1.31. The highest BCUT2D eigenvalue weighted by Crippen LogP contribution is 2.15. The van der Waals surface area contributed by atoms with Crippen LogP contribution in [0.25, 0.3) is 0 Å². The second-order valence-electron chi connectivity index (χ2n) is 3.96. The average molecular weight is 287 g/mol. The highest BCUT2D eigenvalue weighted by atomic mass is 35.5. The minimum Gasteiger partial charge on any atom is -0.492 e. The highest BCUT2D eigenvalue weighted by Gasteiger charge is 2.08. The molecule has 0 fully saturated rings. The Morgan fingerprint density at radius 2 is 2.00 bits per heavy atom. The summed E-state index contributed by atoms with van der Waals surface area (Å²) in [5.74, 6) is 0.637. The summed E-state index contributed by atoms with van der Waals surface area (Å²) in [6.07, 6.45) is 0. The maximum atomic E-state index is 11.6. The van der Waals surface area contributed by atoms with Crippen molar-refractivity contribution < 1.29 is 14.3 Å². The summed E-state index contributed by atoms with van der Waals surface area (Å²) >= 11 is 5.77. The normalized spacial score (nSPS) is 10.3. The van der Waals surface area contributed by atoms with Gasteiger partial charge in [-0.05, 0) is 24.3 Å². The Bertz CT molecular complexity index is 384. The van der Waals surface area contributed by atoms with Crippen molar-refractivity contribution in [2.45, 2.75) is 0 Å². The van der Waals surface area contributed by atoms with Crippen molar-refractivity contribution in [3.63, 3.8) is 0 Å². The molecule has 0 aliphatic heterocycles. The quantitative estimate of drug-likeness (QED) is 0.728. The summed E-state index contributed by atoms with van der Waals surface area (Å²) in [5.41, 5.74) is 5.27. The summed E-state index contributed by atoms with van der Waals surface area (Å²) in [5, 5.41) is 0.664. The Kier molecular flexibility index (Phi) is 7.25. The first kappa shape index (κ1) is 15.8. The molecule has 1 aromatic carbocycles. The zero-order valence-electron chi connectivity index (χ0n) is 11.0. The molecule has 1 aromatic rings. The van der Waals surface area contributed by atoms with E-state index in [2.05, 4.69) is 0 Å². The molecule has 0 spiro atoms. The molecule has 0 saturated carbocycles. The number of ether oxygens (including phenoxy) is 2. The van der Waals surface area contributed by atoms with Crippen LogP contribution in [-0.2, 0) is 9.53 Å². The van der Waals surface area contributed by atoms with E-state index in [0.29, 0.717) is 31.3 Å². The van der Waals surface area contributed by atoms with Crippen LogP contribution in [0.5, 0.6) is 5.75 Å². The summed E-state index contributed by atoms with van der Waals surface area (Å²) < 4.78 is 10.6. The molecule has 19 heavy (non-hydrogen) atoms. The number of likely N-dealkylation sites (N-methyl/N-ethyl adjacent to an activating group) is 1. The van der Waals surface area contributed by atoms with E-state index in [0.717, 1.165) is 5.75 Å². The van der Waals surface area contributed by atoms with Gasteiger partial charge in [-0.1, -0.05) is 11.6 Å². The number of halogens is 1. The molecule has 0 aliphatic rings. The van der Waals surface area contributed by atoms with Crippen LogP contribution in [0.15, 0.2) is 24.3 Å². The molecule has 0 atom stereocenters. The Hall–Kier alpha value is -1.30. The van der Waals surface area contributed by atoms with Crippen LogP contribution in [0, 0.1) is 0 Å². The Balaban J connectivity index is 2.20. The van der Waals surface area contributed by atoms with E-state index >= 15 is 0 Å². The van der Waals surface area contributed by atoms with Gasteiger partial charge in [0.2, 0.25) is 5.91 Å². The number of hydrogen-bond acceptors (Lipinski definition) is 4. The van der Waals surface area contributed by atoms with E-state index in [1.807, 2.05) is 0 Å². The summed E-state index contributed by atoms with van der Waals surface area (Å²) in [6, 6.07) is 7.09. The van der Waals surface area contributed by atoms with E-state index in [4.69, 9.17) is 26.8 Å². The third kappa shape index (κ3) is 6.42. The molecule has 0 saturated heterocycles. The molecular weight excluding hydrogens is 268 g/mol. The van der Waals surface area contributed by atoms with Gasteiger partial charge in [-0.3, -0.25) is 4.79 Å². The fraction of sp³-hybridized carbons (Fsp3) is 0.462. The molecule has 0 bridgehead atoms. The SMILES string of the molecule is CN(CCOc1ccc(Cl)cc1)C(=O)COCCN. The van der Waals surface area contributed by atoms with Gasteiger partial charge < -0.3 is 20.1 Å². The number of nitrogens with two attached hydrogens (primary N) is 1. The molecule has 0 aliphatic carbocycles. The van der Waals surface area contributed by atoms with Crippen molar-refractivity contribution in [2.24, 2.45) is 5.73 Å². The van der Waals surface area contributed by atoms with E-state index < -0.39 is 0 Å². The van der Waals surface area contributed by atoms with Gasteiger partial charge in [0.05, 0.1) is 13.2 Å². The van der Waals surface area contributed by atoms with Crippen molar-refractivity contribution in [3.05, 3.63) is 29.3 Å². The lowest BCUT2D eigenvalue weighted by molar-refractivity contribution is -0.135. The van der Waals surface area contributed by atoms with Crippen molar-refractivity contribution in [1.82, 2.24) is 4.90 Å². The van der Waals surface area contributed by atoms with Crippen LogP contribution in [-0.4, -0.2) is 50.8 Å². The molecule has 0 aromatic heterocycles. The molecule has 0 heterocycles. The summed E-state index contributed by atoms with van der Waals surface area (Å²) in [4.78, 5) is 13.2. The van der Waals surface area contributed by atoms with Gasteiger partial charge in [-0.15, -0.1) is 0 Å². The lowest BCUT2D eigenvalue weighted by Gasteiger charge is -2.17. The zero-order chi connectivity index (χ0) is 14.1. The van der Waals surface area contributed by atoms with Crippen LogP contribution in [0.1, 0.15) is 0 Å².